The predicted octanol–water partition coefficient (Wildman–Crippen LogP) is 14.1. The molecule has 0 radical (unpaired) electrons. The highest BCUT2D eigenvalue weighted by Crippen LogP contribution is 2.76. The van der Waals surface area contributed by atoms with Crippen LogP contribution in [0.1, 0.15) is 0 Å². The van der Waals surface area contributed by atoms with E-state index in [1.807, 2.05) is 17.5 Å². The summed E-state index contributed by atoms with van der Waals surface area (Å²) in [5.74, 6) is 0. The molecular formula is C47H35NS3. The minimum Gasteiger partial charge on any atom is -0.255 e. The van der Waals surface area contributed by atoms with Gasteiger partial charge in [0.05, 0.1) is 10.2 Å². The van der Waals surface area contributed by atoms with Crippen molar-refractivity contribution in [1.29, 1.82) is 0 Å². The van der Waals surface area contributed by atoms with E-state index in [0.29, 0.717) is 0 Å². The number of aromatic nitrogens is 1. The third kappa shape index (κ3) is 5.13. The molecule has 2 heterocycles. The summed E-state index contributed by atoms with van der Waals surface area (Å²) in [4.78, 5) is 15.7. The van der Waals surface area contributed by atoms with E-state index in [9.17, 15) is 0 Å². The van der Waals surface area contributed by atoms with E-state index in [1.165, 1.54) is 53.9 Å². The van der Waals surface area contributed by atoms with Gasteiger partial charge in [0, 0.05) is 55.4 Å². The van der Waals surface area contributed by atoms with Gasteiger partial charge < -0.3 is 0 Å². The van der Waals surface area contributed by atoms with Crippen LogP contribution < -0.4 is 0 Å². The van der Waals surface area contributed by atoms with Gasteiger partial charge in [-0.2, -0.15) is 0 Å². The molecule has 0 aliphatic rings. The lowest BCUT2D eigenvalue weighted by Gasteiger charge is -2.42. The highest BCUT2D eigenvalue weighted by Gasteiger charge is 2.37. The van der Waals surface area contributed by atoms with Crippen molar-refractivity contribution in [2.24, 2.45) is 0 Å². The fourth-order valence-corrected chi connectivity index (χ4v) is 16.8. The van der Waals surface area contributed by atoms with Gasteiger partial charge in [-0.25, -0.2) is 0 Å². The van der Waals surface area contributed by atoms with Gasteiger partial charge in [-0.05, 0) is 97.1 Å². The van der Waals surface area contributed by atoms with E-state index in [1.54, 1.807) is 0 Å². The highest BCUT2D eigenvalue weighted by molar-refractivity contribution is 8.34. The maximum absolute atomic E-state index is 5.20. The van der Waals surface area contributed by atoms with Gasteiger partial charge >= 0.3 is 0 Å². The predicted molar refractivity (Wildman–Crippen MR) is 217 cm³/mol. The van der Waals surface area contributed by atoms with Crippen molar-refractivity contribution in [3.8, 4) is 0 Å². The summed E-state index contributed by atoms with van der Waals surface area (Å²) in [6.07, 6.45) is 2.04. The fourth-order valence-electron chi connectivity index (χ4n) is 7.40. The van der Waals surface area contributed by atoms with Crippen molar-refractivity contribution in [1.82, 2.24) is 4.98 Å². The number of rotatable bonds is 8. The van der Waals surface area contributed by atoms with Crippen LogP contribution in [0.3, 0.4) is 0 Å². The zero-order valence-electron chi connectivity index (χ0n) is 27.9. The normalized spacial score (nSPS) is 12.5. The Balaban J connectivity index is 1.37. The van der Waals surface area contributed by atoms with Gasteiger partial charge in [-0.1, -0.05) is 109 Å². The minimum absolute atomic E-state index is 1.07. The molecule has 9 aromatic rings. The van der Waals surface area contributed by atoms with E-state index in [2.05, 4.69) is 206 Å². The SMILES string of the molecule is c1ccc(S(c2ccccc2)(c2ccccc2)c2ccc3sc4c(S(c5ccccc5)(c5ccccc5)c5ccccc5)ccnc4c3c2)cc1. The highest BCUT2D eigenvalue weighted by atomic mass is 32.3. The Bertz CT molecular complexity index is 2360. The molecule has 0 amide bonds. The Kier molecular flexibility index (Phi) is 8.29. The lowest BCUT2D eigenvalue weighted by molar-refractivity contribution is 1.24. The average molecular weight is 710 g/mol. The Morgan fingerprint density at radius 1 is 0.353 bits per heavy atom. The topological polar surface area (TPSA) is 12.9 Å². The summed E-state index contributed by atoms with van der Waals surface area (Å²) >= 11 is 1.87. The van der Waals surface area contributed by atoms with Crippen molar-refractivity contribution in [2.75, 3.05) is 0 Å². The molecule has 4 heteroatoms. The summed E-state index contributed by atoms with van der Waals surface area (Å²) in [6.45, 7) is 0. The molecule has 9 rings (SSSR count). The molecule has 246 valence electrons. The largest absolute Gasteiger partial charge is 0.255 e. The zero-order valence-corrected chi connectivity index (χ0v) is 30.3. The van der Waals surface area contributed by atoms with Crippen LogP contribution in [0.25, 0.3) is 20.3 Å². The van der Waals surface area contributed by atoms with Gasteiger partial charge in [-0.3, -0.25) is 4.98 Å². The fraction of sp³-hybridized carbons (Fsp3) is 0. The van der Waals surface area contributed by atoms with Crippen molar-refractivity contribution in [2.45, 2.75) is 39.2 Å². The minimum atomic E-state index is -1.88. The summed E-state index contributed by atoms with van der Waals surface area (Å²) in [5, 5.41) is 1.21. The molecule has 0 aliphatic heterocycles. The Morgan fingerprint density at radius 2 is 0.725 bits per heavy atom. The van der Waals surface area contributed by atoms with Gasteiger partial charge in [0.1, 0.15) is 0 Å². The molecule has 0 bridgehead atoms. The van der Waals surface area contributed by atoms with E-state index in [4.69, 9.17) is 4.98 Å². The number of pyridine rings is 1. The average Bonchev–Trinajstić information content (AvgIpc) is 3.60. The number of hydrogen-bond acceptors (Lipinski definition) is 2. The summed E-state index contributed by atoms with van der Waals surface area (Å²) in [7, 11) is -3.71. The van der Waals surface area contributed by atoms with Crippen LogP contribution in [0, 0.1) is 0 Å². The summed E-state index contributed by atoms with van der Waals surface area (Å²) < 4.78 is 2.50. The molecule has 0 fully saturated rings. The molecule has 7 aromatic carbocycles. The van der Waals surface area contributed by atoms with Gasteiger partial charge in [-0.15, -0.1) is 31.4 Å². The molecule has 0 saturated heterocycles. The third-order valence-corrected chi connectivity index (χ3v) is 18.7. The van der Waals surface area contributed by atoms with E-state index < -0.39 is 20.1 Å². The van der Waals surface area contributed by atoms with Gasteiger partial charge in [0.2, 0.25) is 0 Å². The van der Waals surface area contributed by atoms with Crippen LogP contribution in [0.4, 0.5) is 0 Å². The van der Waals surface area contributed by atoms with Gasteiger partial charge in [0.15, 0.2) is 0 Å². The maximum atomic E-state index is 5.20. The molecule has 51 heavy (non-hydrogen) atoms. The number of benzene rings is 7. The van der Waals surface area contributed by atoms with Crippen molar-refractivity contribution in [3.05, 3.63) is 212 Å². The second-order valence-corrected chi connectivity index (χ2v) is 19.6. The first kappa shape index (κ1) is 31.6. The molecule has 0 atom stereocenters. The maximum Gasteiger partial charge on any atom is 0.0899 e. The van der Waals surface area contributed by atoms with E-state index in [0.717, 1.165) is 5.52 Å². The van der Waals surface area contributed by atoms with Crippen LogP contribution >= 0.6 is 31.4 Å². The smallest absolute Gasteiger partial charge is 0.0899 e. The second-order valence-electron chi connectivity index (χ2n) is 12.3. The first-order valence-electron chi connectivity index (χ1n) is 17.1. The number of hydrogen-bond donors (Lipinski definition) is 0. The summed E-state index contributed by atoms with van der Waals surface area (Å²) in [6, 6.07) is 76.0. The molecule has 0 aliphatic carbocycles. The Labute approximate surface area is 306 Å². The molecule has 2 aromatic heterocycles. The van der Waals surface area contributed by atoms with Crippen LogP contribution in [0.2, 0.25) is 0 Å². The van der Waals surface area contributed by atoms with Gasteiger partial charge in [0.25, 0.3) is 0 Å². The molecule has 1 nitrogen and oxygen atoms in total. The number of thiophene rings is 1. The molecule has 0 unspecified atom stereocenters. The Morgan fingerprint density at radius 3 is 1.12 bits per heavy atom. The Hall–Kier alpha value is -5.39. The quantitative estimate of drug-likeness (QED) is 0.153. The van der Waals surface area contributed by atoms with Crippen molar-refractivity contribution >= 4 is 51.7 Å². The molecule has 0 saturated carbocycles. The van der Waals surface area contributed by atoms with Crippen molar-refractivity contribution in [3.63, 3.8) is 0 Å². The van der Waals surface area contributed by atoms with E-state index >= 15 is 0 Å². The van der Waals surface area contributed by atoms with Crippen LogP contribution in [-0.2, 0) is 0 Å². The number of fused-ring (bicyclic) bond motifs is 3. The van der Waals surface area contributed by atoms with E-state index in [-0.39, 0.29) is 0 Å². The molecule has 0 N–H and O–H groups in total. The lowest BCUT2D eigenvalue weighted by Crippen LogP contribution is -2.05. The van der Waals surface area contributed by atoms with Crippen molar-refractivity contribution < 1.29 is 0 Å². The molecular weight excluding hydrogens is 675 g/mol. The second kappa shape index (κ2) is 13.4. The zero-order chi connectivity index (χ0) is 34.1. The van der Waals surface area contributed by atoms with Crippen LogP contribution in [0.15, 0.2) is 252 Å². The van der Waals surface area contributed by atoms with Crippen LogP contribution in [-0.4, -0.2) is 4.98 Å². The molecule has 0 spiro atoms. The van der Waals surface area contributed by atoms with Crippen LogP contribution in [0.5, 0.6) is 0 Å². The summed E-state index contributed by atoms with van der Waals surface area (Å²) in [5.41, 5.74) is 1.07. The lowest BCUT2D eigenvalue weighted by atomic mass is 10.2. The standard InChI is InChI=1S/C47H35NS3/c1-7-19-36(20-8-1)50(37-21-9-2-10-22-37,38-23-11-3-12-24-38)42-31-32-44-43(35-42)46-47(49-44)45(33-34-48-46)51(39-25-13-4-14-26-39,40-27-15-5-16-28-40)41-29-17-6-18-30-41/h1-35H. The first-order chi connectivity index (χ1) is 25.3. The monoisotopic (exact) mass is 709 g/mol. The number of nitrogens with zero attached hydrogens (tertiary/aromatic N) is 1. The first-order valence-corrected chi connectivity index (χ1v) is 21.2. The third-order valence-electron chi connectivity index (χ3n) is 9.55.